The molecule has 0 saturated heterocycles. The summed E-state index contributed by atoms with van der Waals surface area (Å²) in [4.78, 5) is 7.36. The predicted molar refractivity (Wildman–Crippen MR) is 76.4 cm³/mol. The van der Waals surface area contributed by atoms with Gasteiger partial charge in [0.1, 0.15) is 0 Å². The minimum Gasteiger partial charge on any atom is -0.359 e. The Bertz CT molecular complexity index is 627. The first-order valence-electron chi connectivity index (χ1n) is 5.90. The Balaban J connectivity index is 0.000000574. The van der Waals surface area contributed by atoms with Crippen LogP contribution in [0.2, 0.25) is 0 Å². The van der Waals surface area contributed by atoms with E-state index in [1.807, 2.05) is 24.5 Å². The summed E-state index contributed by atoms with van der Waals surface area (Å²) in [5.74, 6) is 0. The van der Waals surface area contributed by atoms with Gasteiger partial charge >= 0.3 is 0 Å². The summed E-state index contributed by atoms with van der Waals surface area (Å²) < 4.78 is 0. The molecule has 0 aliphatic carbocycles. The van der Waals surface area contributed by atoms with Gasteiger partial charge in [-0.05, 0) is 55.4 Å². The van der Waals surface area contributed by atoms with Gasteiger partial charge in [0, 0.05) is 29.0 Å². The van der Waals surface area contributed by atoms with Crippen LogP contribution in [0.1, 0.15) is 5.69 Å². The van der Waals surface area contributed by atoms with Crippen molar-refractivity contribution >= 4 is 10.9 Å². The lowest BCUT2D eigenvalue weighted by atomic mass is 10.1. The lowest BCUT2D eigenvalue weighted by molar-refractivity contribution is 1.30. The number of nitrogens with two attached hydrogens (primary N) is 1. The molecule has 0 aliphatic rings. The molecular weight excluding hydrogens is 222 g/mol. The summed E-state index contributed by atoms with van der Waals surface area (Å²) in [6.07, 6.45) is 3.64. The van der Waals surface area contributed by atoms with Crippen LogP contribution in [0.4, 0.5) is 0 Å². The van der Waals surface area contributed by atoms with Gasteiger partial charge in [0.05, 0.1) is 0 Å². The summed E-state index contributed by atoms with van der Waals surface area (Å²) in [7, 11) is 1.50. The molecule has 3 N–H and O–H groups in total. The first-order chi connectivity index (χ1) is 8.83. The van der Waals surface area contributed by atoms with E-state index in [1.165, 1.54) is 34.8 Å². The SMILES string of the molecule is CN.Cc1cc2cc(-c3ccncc3)ccc2[nH]1. The highest BCUT2D eigenvalue weighted by atomic mass is 14.7. The minimum absolute atomic E-state index is 1.19. The average Bonchev–Trinajstić information content (AvgIpc) is 2.81. The van der Waals surface area contributed by atoms with Crippen molar-refractivity contribution in [1.82, 2.24) is 9.97 Å². The number of hydrogen-bond donors (Lipinski definition) is 2. The van der Waals surface area contributed by atoms with Crippen LogP contribution in [0.25, 0.3) is 22.0 Å². The zero-order valence-corrected chi connectivity index (χ0v) is 10.6. The lowest BCUT2D eigenvalue weighted by Gasteiger charge is -2.00. The van der Waals surface area contributed by atoms with E-state index < -0.39 is 0 Å². The number of benzene rings is 1. The van der Waals surface area contributed by atoms with E-state index in [9.17, 15) is 0 Å². The topological polar surface area (TPSA) is 54.7 Å². The molecule has 0 radical (unpaired) electrons. The lowest BCUT2D eigenvalue weighted by Crippen LogP contribution is -1.78. The Kier molecular flexibility index (Phi) is 3.75. The number of nitrogens with zero attached hydrogens (tertiary/aromatic N) is 1. The molecule has 92 valence electrons. The predicted octanol–water partition coefficient (Wildman–Crippen LogP) is 3.11. The van der Waals surface area contributed by atoms with Gasteiger partial charge < -0.3 is 10.7 Å². The molecule has 0 atom stereocenters. The first-order valence-corrected chi connectivity index (χ1v) is 5.90. The molecule has 0 fully saturated rings. The highest BCUT2D eigenvalue weighted by Crippen LogP contribution is 2.24. The van der Waals surface area contributed by atoms with Crippen molar-refractivity contribution in [3.8, 4) is 11.1 Å². The Morgan fingerprint density at radius 2 is 1.67 bits per heavy atom. The summed E-state index contributed by atoms with van der Waals surface area (Å²) in [5.41, 5.74) is 9.32. The first kappa shape index (κ1) is 12.3. The molecule has 3 rings (SSSR count). The maximum Gasteiger partial charge on any atom is 0.0456 e. The number of rotatable bonds is 1. The number of pyridine rings is 1. The molecule has 0 amide bonds. The van der Waals surface area contributed by atoms with Crippen molar-refractivity contribution in [2.45, 2.75) is 6.92 Å². The third kappa shape index (κ3) is 2.41. The molecule has 3 aromatic rings. The maximum absolute atomic E-state index is 4.50. The fourth-order valence-corrected chi connectivity index (χ4v) is 2.00. The highest BCUT2D eigenvalue weighted by molar-refractivity contribution is 5.85. The van der Waals surface area contributed by atoms with Crippen molar-refractivity contribution < 1.29 is 0 Å². The van der Waals surface area contributed by atoms with Gasteiger partial charge in [0.25, 0.3) is 0 Å². The van der Waals surface area contributed by atoms with Gasteiger partial charge in [-0.2, -0.15) is 0 Å². The number of fused-ring (bicyclic) bond motifs is 1. The Hall–Kier alpha value is -2.13. The van der Waals surface area contributed by atoms with E-state index in [0.29, 0.717) is 0 Å². The molecule has 2 heterocycles. The summed E-state index contributed by atoms with van der Waals surface area (Å²) in [6.45, 7) is 2.08. The van der Waals surface area contributed by atoms with Crippen molar-refractivity contribution in [3.63, 3.8) is 0 Å². The smallest absolute Gasteiger partial charge is 0.0456 e. The fourth-order valence-electron chi connectivity index (χ4n) is 2.00. The Labute approximate surface area is 107 Å². The Morgan fingerprint density at radius 3 is 2.39 bits per heavy atom. The standard InChI is InChI=1S/C14H12N2.CH5N/c1-10-8-13-9-12(2-3-14(13)16-10)11-4-6-15-7-5-11;1-2/h2-9,16H,1H3;2H2,1H3. The van der Waals surface area contributed by atoms with Gasteiger partial charge in [-0.15, -0.1) is 0 Å². The van der Waals surface area contributed by atoms with E-state index in [0.717, 1.165) is 0 Å². The van der Waals surface area contributed by atoms with Crippen molar-refractivity contribution in [3.05, 3.63) is 54.5 Å². The molecular formula is C15H17N3. The fraction of sp³-hybridized carbons (Fsp3) is 0.133. The van der Waals surface area contributed by atoms with Crippen LogP contribution in [0.3, 0.4) is 0 Å². The van der Waals surface area contributed by atoms with Gasteiger partial charge in [0.15, 0.2) is 0 Å². The summed E-state index contributed by atoms with van der Waals surface area (Å²) in [6, 6.07) is 12.7. The third-order valence-corrected chi connectivity index (χ3v) is 2.77. The number of nitrogens with one attached hydrogen (secondary N) is 1. The summed E-state index contributed by atoms with van der Waals surface area (Å²) >= 11 is 0. The van der Waals surface area contributed by atoms with Crippen molar-refractivity contribution in [2.24, 2.45) is 5.73 Å². The van der Waals surface area contributed by atoms with Crippen LogP contribution in [-0.4, -0.2) is 17.0 Å². The molecule has 3 heteroatoms. The van der Waals surface area contributed by atoms with Crippen LogP contribution in [-0.2, 0) is 0 Å². The zero-order chi connectivity index (χ0) is 13.0. The normalized spacial score (nSPS) is 9.94. The van der Waals surface area contributed by atoms with E-state index in [1.54, 1.807) is 0 Å². The highest BCUT2D eigenvalue weighted by Gasteiger charge is 2.00. The molecule has 0 unspecified atom stereocenters. The Morgan fingerprint density at radius 1 is 0.944 bits per heavy atom. The van der Waals surface area contributed by atoms with Gasteiger partial charge in [-0.3, -0.25) is 4.98 Å². The zero-order valence-electron chi connectivity index (χ0n) is 10.6. The molecule has 0 bridgehead atoms. The number of hydrogen-bond acceptors (Lipinski definition) is 2. The average molecular weight is 239 g/mol. The second-order valence-corrected chi connectivity index (χ2v) is 3.99. The molecule has 18 heavy (non-hydrogen) atoms. The van der Waals surface area contributed by atoms with Crippen LogP contribution in [0.5, 0.6) is 0 Å². The van der Waals surface area contributed by atoms with E-state index in [2.05, 4.69) is 46.9 Å². The molecule has 0 saturated carbocycles. The van der Waals surface area contributed by atoms with Crippen LogP contribution >= 0.6 is 0 Å². The molecule has 1 aromatic carbocycles. The van der Waals surface area contributed by atoms with Crippen LogP contribution < -0.4 is 5.73 Å². The largest absolute Gasteiger partial charge is 0.359 e. The third-order valence-electron chi connectivity index (χ3n) is 2.77. The van der Waals surface area contributed by atoms with Gasteiger partial charge in [-0.1, -0.05) is 6.07 Å². The maximum atomic E-state index is 4.50. The minimum atomic E-state index is 1.19. The van der Waals surface area contributed by atoms with E-state index in [-0.39, 0.29) is 0 Å². The molecule has 2 aromatic heterocycles. The van der Waals surface area contributed by atoms with Gasteiger partial charge in [0.2, 0.25) is 0 Å². The van der Waals surface area contributed by atoms with Crippen molar-refractivity contribution in [1.29, 1.82) is 0 Å². The van der Waals surface area contributed by atoms with Gasteiger partial charge in [-0.25, -0.2) is 0 Å². The second-order valence-electron chi connectivity index (χ2n) is 3.99. The number of H-pyrrole nitrogens is 1. The number of aryl methyl sites for hydroxylation is 1. The second kappa shape index (κ2) is 5.47. The van der Waals surface area contributed by atoms with Crippen molar-refractivity contribution in [2.75, 3.05) is 7.05 Å². The molecule has 0 spiro atoms. The monoisotopic (exact) mass is 239 g/mol. The summed E-state index contributed by atoms with van der Waals surface area (Å²) in [5, 5.41) is 1.26. The number of aromatic amines is 1. The van der Waals surface area contributed by atoms with Crippen LogP contribution in [0.15, 0.2) is 48.8 Å². The number of aromatic nitrogens is 2. The molecule has 3 nitrogen and oxygen atoms in total. The molecule has 0 aliphatic heterocycles. The van der Waals surface area contributed by atoms with E-state index >= 15 is 0 Å². The van der Waals surface area contributed by atoms with Crippen LogP contribution in [0, 0.1) is 6.92 Å². The van der Waals surface area contributed by atoms with E-state index in [4.69, 9.17) is 0 Å². The quantitative estimate of drug-likeness (QED) is 0.685.